The maximum atomic E-state index is 5.07. The van der Waals surface area contributed by atoms with Crippen molar-refractivity contribution in [3.8, 4) is 12.3 Å². The van der Waals surface area contributed by atoms with Crippen LogP contribution in [0.15, 0.2) is 42.5 Å². The van der Waals surface area contributed by atoms with Crippen molar-refractivity contribution in [3.05, 3.63) is 48.0 Å². The van der Waals surface area contributed by atoms with Gasteiger partial charge in [0.15, 0.2) is 0 Å². The Hall–Kier alpha value is -1.48. The molecule has 1 aromatic rings. The molecule has 0 fully saturated rings. The molecule has 0 aliphatic rings. The van der Waals surface area contributed by atoms with E-state index in [1.54, 1.807) is 6.08 Å². The summed E-state index contributed by atoms with van der Waals surface area (Å²) >= 11 is 0. The highest BCUT2D eigenvalue weighted by Crippen LogP contribution is 2.02. The molecule has 0 unspecified atom stereocenters. The molecule has 1 rings (SSSR count). The third-order valence-electron chi connectivity index (χ3n) is 1.66. The Balaban J connectivity index is 2.35. The third kappa shape index (κ3) is 3.07. The Morgan fingerprint density at radius 1 is 1.25 bits per heavy atom. The molecule has 0 N–H and O–H groups in total. The van der Waals surface area contributed by atoms with Gasteiger partial charge in [0.25, 0.3) is 0 Å². The van der Waals surface area contributed by atoms with E-state index in [4.69, 9.17) is 6.42 Å². The van der Waals surface area contributed by atoms with Crippen molar-refractivity contribution in [2.45, 2.75) is 12.8 Å². The Kier molecular flexibility index (Phi) is 3.74. The molecule has 0 aliphatic carbocycles. The molecule has 0 radical (unpaired) electrons. The molecule has 0 aliphatic heterocycles. The fourth-order valence-electron chi connectivity index (χ4n) is 1.05. The number of rotatable bonds is 3. The van der Waals surface area contributed by atoms with Gasteiger partial charge in [-0.2, -0.15) is 0 Å². The molecule has 0 nitrogen and oxygen atoms in total. The molecule has 0 amide bonds. The summed E-state index contributed by atoms with van der Waals surface area (Å²) in [6.07, 6.45) is 10.9. The van der Waals surface area contributed by atoms with Crippen molar-refractivity contribution in [1.82, 2.24) is 0 Å². The highest BCUT2D eigenvalue weighted by Gasteiger charge is 1.86. The largest absolute Gasteiger partial charge is 0.115 e. The number of benzene rings is 1. The van der Waals surface area contributed by atoms with Crippen LogP contribution in [0.25, 0.3) is 0 Å². The monoisotopic (exact) mass is 156 g/mol. The minimum atomic E-state index is 1.02. The molecule has 0 bridgehead atoms. The van der Waals surface area contributed by atoms with Gasteiger partial charge in [-0.05, 0) is 24.5 Å². The second-order valence-electron chi connectivity index (χ2n) is 2.59. The van der Waals surface area contributed by atoms with Gasteiger partial charge in [0.05, 0.1) is 0 Å². The molecule has 60 valence electrons. The lowest BCUT2D eigenvalue weighted by atomic mass is 10.1. The zero-order valence-corrected chi connectivity index (χ0v) is 7.03. The van der Waals surface area contributed by atoms with E-state index in [2.05, 4.69) is 30.2 Å². The summed E-state index contributed by atoms with van der Waals surface area (Å²) in [6, 6.07) is 10.4. The molecule has 0 heteroatoms. The molecular weight excluding hydrogens is 144 g/mol. The Morgan fingerprint density at radius 3 is 2.67 bits per heavy atom. The fourth-order valence-corrected chi connectivity index (χ4v) is 1.05. The van der Waals surface area contributed by atoms with Gasteiger partial charge < -0.3 is 0 Å². The van der Waals surface area contributed by atoms with Gasteiger partial charge in [0, 0.05) is 0 Å². The lowest BCUT2D eigenvalue weighted by Gasteiger charge is -1.95. The fraction of sp³-hybridized carbons (Fsp3) is 0.167. The number of terminal acetylenes is 1. The lowest BCUT2D eigenvalue weighted by molar-refractivity contribution is 1.00. The molecule has 1 aromatic carbocycles. The summed E-state index contributed by atoms with van der Waals surface area (Å²) in [4.78, 5) is 0. The van der Waals surface area contributed by atoms with E-state index in [1.165, 1.54) is 5.56 Å². The van der Waals surface area contributed by atoms with Crippen molar-refractivity contribution in [1.29, 1.82) is 0 Å². The Bertz CT molecular complexity index is 275. The van der Waals surface area contributed by atoms with Crippen LogP contribution >= 0.6 is 0 Å². The normalized spacial score (nSPS) is 9.92. The van der Waals surface area contributed by atoms with Gasteiger partial charge >= 0.3 is 0 Å². The van der Waals surface area contributed by atoms with Crippen LogP contribution in [0, 0.1) is 12.3 Å². The molecule has 12 heavy (non-hydrogen) atoms. The second-order valence-corrected chi connectivity index (χ2v) is 2.59. The number of allylic oxidation sites excluding steroid dienone is 2. The third-order valence-corrected chi connectivity index (χ3v) is 1.66. The van der Waals surface area contributed by atoms with Gasteiger partial charge in [-0.3, -0.25) is 0 Å². The Morgan fingerprint density at radius 2 is 2.00 bits per heavy atom. The van der Waals surface area contributed by atoms with E-state index in [9.17, 15) is 0 Å². The predicted octanol–water partition coefficient (Wildman–Crippen LogP) is 2.81. The van der Waals surface area contributed by atoms with E-state index >= 15 is 0 Å². The summed E-state index contributed by atoms with van der Waals surface area (Å²) in [5.74, 6) is 2.47. The van der Waals surface area contributed by atoms with Gasteiger partial charge in [-0.1, -0.05) is 42.3 Å². The zero-order valence-electron chi connectivity index (χ0n) is 7.03. The molecule has 0 saturated heterocycles. The summed E-state index contributed by atoms with van der Waals surface area (Å²) in [7, 11) is 0. The van der Waals surface area contributed by atoms with Gasteiger partial charge in [0.2, 0.25) is 0 Å². The van der Waals surface area contributed by atoms with Crippen LogP contribution in [0.1, 0.15) is 12.0 Å². The molecule has 0 saturated carbocycles. The quantitative estimate of drug-likeness (QED) is 0.590. The van der Waals surface area contributed by atoms with E-state index in [0.717, 1.165) is 12.8 Å². The van der Waals surface area contributed by atoms with Crippen LogP contribution < -0.4 is 0 Å². The standard InChI is InChI=1S/C12H12/c1-2-3-4-6-9-12-10-7-5-8-11-12/h1,3-5,7-8,10-11H,6,9H2/b4-3+. The minimum absolute atomic E-state index is 1.02. The number of hydrogen-bond donors (Lipinski definition) is 0. The summed E-state index contributed by atoms with van der Waals surface area (Å²) < 4.78 is 0. The number of hydrogen-bond acceptors (Lipinski definition) is 0. The first-order chi connectivity index (χ1) is 5.93. The average molecular weight is 156 g/mol. The van der Waals surface area contributed by atoms with Crippen LogP contribution in [-0.4, -0.2) is 0 Å². The van der Waals surface area contributed by atoms with Crippen LogP contribution in [0.3, 0.4) is 0 Å². The summed E-state index contributed by atoms with van der Waals surface area (Å²) in [5.41, 5.74) is 1.36. The first-order valence-corrected chi connectivity index (χ1v) is 4.08. The smallest absolute Gasteiger partial charge is 0.0161 e. The predicted molar refractivity (Wildman–Crippen MR) is 52.7 cm³/mol. The maximum absolute atomic E-state index is 5.07. The number of aryl methyl sites for hydroxylation is 1. The SMILES string of the molecule is C#C/C=C/CCc1ccccc1. The summed E-state index contributed by atoms with van der Waals surface area (Å²) in [5, 5.41) is 0. The molecule has 0 atom stereocenters. The molecule has 0 spiro atoms. The van der Waals surface area contributed by atoms with Crippen LogP contribution in [0.4, 0.5) is 0 Å². The van der Waals surface area contributed by atoms with Gasteiger partial charge in [-0.15, -0.1) is 6.42 Å². The van der Waals surface area contributed by atoms with Crippen molar-refractivity contribution in [3.63, 3.8) is 0 Å². The van der Waals surface area contributed by atoms with Crippen molar-refractivity contribution >= 4 is 0 Å². The first-order valence-electron chi connectivity index (χ1n) is 4.08. The maximum Gasteiger partial charge on any atom is -0.0161 e. The van der Waals surface area contributed by atoms with Crippen LogP contribution in [0.2, 0.25) is 0 Å². The van der Waals surface area contributed by atoms with E-state index < -0.39 is 0 Å². The van der Waals surface area contributed by atoms with E-state index in [-0.39, 0.29) is 0 Å². The highest BCUT2D eigenvalue weighted by molar-refractivity contribution is 5.16. The van der Waals surface area contributed by atoms with Crippen molar-refractivity contribution < 1.29 is 0 Å². The van der Waals surface area contributed by atoms with Crippen LogP contribution in [0.5, 0.6) is 0 Å². The molecular formula is C12H12. The first kappa shape index (κ1) is 8.62. The van der Waals surface area contributed by atoms with Crippen molar-refractivity contribution in [2.24, 2.45) is 0 Å². The Labute approximate surface area is 73.9 Å². The van der Waals surface area contributed by atoms with Crippen molar-refractivity contribution in [2.75, 3.05) is 0 Å². The summed E-state index contributed by atoms with van der Waals surface area (Å²) in [6.45, 7) is 0. The van der Waals surface area contributed by atoms with E-state index in [0.29, 0.717) is 0 Å². The van der Waals surface area contributed by atoms with E-state index in [1.807, 2.05) is 12.1 Å². The second kappa shape index (κ2) is 5.21. The topological polar surface area (TPSA) is 0 Å². The highest BCUT2D eigenvalue weighted by atomic mass is 13.9. The average Bonchev–Trinajstić information content (AvgIpc) is 2.14. The van der Waals surface area contributed by atoms with Gasteiger partial charge in [-0.25, -0.2) is 0 Å². The lowest BCUT2D eigenvalue weighted by Crippen LogP contribution is -1.80. The molecule has 0 heterocycles. The minimum Gasteiger partial charge on any atom is -0.115 e. The van der Waals surface area contributed by atoms with Gasteiger partial charge in [0.1, 0.15) is 0 Å². The zero-order chi connectivity index (χ0) is 8.65. The molecule has 0 aromatic heterocycles. The van der Waals surface area contributed by atoms with Crippen LogP contribution in [-0.2, 0) is 6.42 Å².